The normalized spacial score (nSPS) is 22.6. The zero-order valence-corrected chi connectivity index (χ0v) is 12.2. The largest absolute Gasteiger partial charge is 0.371 e. The van der Waals surface area contributed by atoms with Crippen molar-refractivity contribution < 1.29 is 4.92 Å². The molecule has 1 aliphatic carbocycles. The molecule has 1 fully saturated rings. The molecule has 1 aromatic rings. The third-order valence-electron chi connectivity index (χ3n) is 4.45. The van der Waals surface area contributed by atoms with E-state index in [0.29, 0.717) is 18.5 Å². The molecule has 0 bridgehead atoms. The van der Waals surface area contributed by atoms with Gasteiger partial charge in [-0.2, -0.15) is 0 Å². The second kappa shape index (κ2) is 6.22. The van der Waals surface area contributed by atoms with E-state index >= 15 is 0 Å². The first-order chi connectivity index (χ1) is 9.54. The van der Waals surface area contributed by atoms with Gasteiger partial charge in [0.15, 0.2) is 0 Å². The summed E-state index contributed by atoms with van der Waals surface area (Å²) in [5, 5.41) is 11.0. The van der Waals surface area contributed by atoms with Crippen LogP contribution in [0.4, 0.5) is 11.4 Å². The van der Waals surface area contributed by atoms with E-state index in [1.54, 1.807) is 12.1 Å². The Morgan fingerprint density at radius 2 is 2.10 bits per heavy atom. The molecule has 2 N–H and O–H groups in total. The van der Waals surface area contributed by atoms with Crippen LogP contribution in [0.2, 0.25) is 0 Å². The second-order valence-corrected chi connectivity index (χ2v) is 5.69. The summed E-state index contributed by atoms with van der Waals surface area (Å²) in [6.07, 6.45) is 4.71. The highest BCUT2D eigenvalue weighted by atomic mass is 16.6. The third-order valence-corrected chi connectivity index (χ3v) is 4.45. The number of nitrogens with zero attached hydrogens (tertiary/aromatic N) is 2. The van der Waals surface area contributed by atoms with Gasteiger partial charge in [0.1, 0.15) is 0 Å². The van der Waals surface area contributed by atoms with Gasteiger partial charge < -0.3 is 10.6 Å². The molecular formula is C15H23N3O2. The molecule has 2 atom stereocenters. The van der Waals surface area contributed by atoms with Crippen molar-refractivity contribution in [3.05, 3.63) is 33.9 Å². The van der Waals surface area contributed by atoms with Gasteiger partial charge in [0.2, 0.25) is 0 Å². The monoisotopic (exact) mass is 277 g/mol. The van der Waals surface area contributed by atoms with E-state index in [0.717, 1.165) is 24.1 Å². The van der Waals surface area contributed by atoms with E-state index in [1.807, 2.05) is 20.0 Å². The molecule has 0 radical (unpaired) electrons. The Morgan fingerprint density at radius 3 is 2.75 bits per heavy atom. The smallest absolute Gasteiger partial charge is 0.271 e. The summed E-state index contributed by atoms with van der Waals surface area (Å²) in [7, 11) is 2.03. The Morgan fingerprint density at radius 1 is 1.40 bits per heavy atom. The van der Waals surface area contributed by atoms with E-state index < -0.39 is 0 Å². The van der Waals surface area contributed by atoms with Crippen LogP contribution in [-0.2, 0) is 0 Å². The van der Waals surface area contributed by atoms with Crippen molar-refractivity contribution in [2.75, 3.05) is 18.5 Å². The minimum atomic E-state index is -0.335. The van der Waals surface area contributed by atoms with Gasteiger partial charge in [-0.3, -0.25) is 10.1 Å². The molecule has 110 valence electrons. The molecule has 2 unspecified atom stereocenters. The molecule has 5 heteroatoms. The van der Waals surface area contributed by atoms with Crippen molar-refractivity contribution in [2.24, 2.45) is 11.7 Å². The highest BCUT2D eigenvalue weighted by Gasteiger charge is 2.28. The van der Waals surface area contributed by atoms with E-state index in [1.165, 1.54) is 12.8 Å². The average molecular weight is 277 g/mol. The number of hydrogen-bond donors (Lipinski definition) is 1. The Hall–Kier alpha value is -1.62. The van der Waals surface area contributed by atoms with E-state index in [9.17, 15) is 10.1 Å². The lowest BCUT2D eigenvalue weighted by molar-refractivity contribution is -0.384. The fourth-order valence-corrected chi connectivity index (χ4v) is 3.24. The van der Waals surface area contributed by atoms with Crippen LogP contribution in [0.1, 0.15) is 31.2 Å². The number of benzene rings is 1. The standard InChI is InChI=1S/C15H23N3O2/c1-11-7-8-13(18(19)20)9-15(11)17(2)14-6-4-3-5-12(14)10-16/h7-9,12,14H,3-6,10,16H2,1-2H3. The summed E-state index contributed by atoms with van der Waals surface area (Å²) < 4.78 is 0. The SMILES string of the molecule is Cc1ccc([N+](=O)[O-])cc1N(C)C1CCCCC1CN. The molecule has 1 aromatic carbocycles. The first-order valence-corrected chi connectivity index (χ1v) is 7.22. The lowest BCUT2D eigenvalue weighted by atomic mass is 9.83. The molecule has 1 aliphatic rings. The lowest BCUT2D eigenvalue weighted by Gasteiger charge is -2.39. The second-order valence-electron chi connectivity index (χ2n) is 5.69. The van der Waals surface area contributed by atoms with Gasteiger partial charge in [0.25, 0.3) is 5.69 Å². The topological polar surface area (TPSA) is 72.4 Å². The number of aryl methyl sites for hydroxylation is 1. The van der Waals surface area contributed by atoms with Crippen LogP contribution in [-0.4, -0.2) is 24.6 Å². The zero-order valence-electron chi connectivity index (χ0n) is 12.2. The molecular weight excluding hydrogens is 254 g/mol. The zero-order chi connectivity index (χ0) is 14.7. The molecule has 0 aliphatic heterocycles. The maximum absolute atomic E-state index is 11.0. The highest BCUT2D eigenvalue weighted by molar-refractivity contribution is 5.59. The van der Waals surface area contributed by atoms with Crippen LogP contribution < -0.4 is 10.6 Å². The fourth-order valence-electron chi connectivity index (χ4n) is 3.24. The molecule has 0 saturated heterocycles. The van der Waals surface area contributed by atoms with Crippen molar-refractivity contribution in [2.45, 2.75) is 38.6 Å². The van der Waals surface area contributed by atoms with Gasteiger partial charge >= 0.3 is 0 Å². The molecule has 0 aromatic heterocycles. The Bertz CT molecular complexity index is 490. The van der Waals surface area contributed by atoms with Gasteiger partial charge in [0, 0.05) is 30.9 Å². The number of anilines is 1. The number of hydrogen-bond acceptors (Lipinski definition) is 4. The van der Waals surface area contributed by atoms with Gasteiger partial charge in [0.05, 0.1) is 4.92 Å². The van der Waals surface area contributed by atoms with Crippen LogP contribution in [0.15, 0.2) is 18.2 Å². The molecule has 5 nitrogen and oxygen atoms in total. The first kappa shape index (κ1) is 14.8. The van der Waals surface area contributed by atoms with Gasteiger partial charge in [-0.1, -0.05) is 18.9 Å². The number of nitro groups is 1. The summed E-state index contributed by atoms with van der Waals surface area (Å²) in [5.41, 5.74) is 8.06. The van der Waals surface area contributed by atoms with Gasteiger partial charge in [-0.15, -0.1) is 0 Å². The van der Waals surface area contributed by atoms with Crippen molar-refractivity contribution in [1.29, 1.82) is 0 Å². The molecule has 1 saturated carbocycles. The Balaban J connectivity index is 2.29. The van der Waals surface area contributed by atoms with Crippen molar-refractivity contribution in [3.8, 4) is 0 Å². The summed E-state index contributed by atoms with van der Waals surface area (Å²) in [5.74, 6) is 0.479. The van der Waals surface area contributed by atoms with Gasteiger partial charge in [-0.05, 0) is 37.8 Å². The fraction of sp³-hybridized carbons (Fsp3) is 0.600. The summed E-state index contributed by atoms with van der Waals surface area (Å²) >= 11 is 0. The maximum atomic E-state index is 11.0. The molecule has 0 amide bonds. The minimum Gasteiger partial charge on any atom is -0.371 e. The summed E-state index contributed by atoms with van der Waals surface area (Å²) in [6, 6.07) is 5.45. The predicted molar refractivity (Wildman–Crippen MR) is 81.0 cm³/mol. The highest BCUT2D eigenvalue weighted by Crippen LogP contribution is 2.33. The molecule has 0 spiro atoms. The Kier molecular flexibility index (Phi) is 4.60. The molecule has 0 heterocycles. The van der Waals surface area contributed by atoms with Gasteiger partial charge in [-0.25, -0.2) is 0 Å². The minimum absolute atomic E-state index is 0.151. The number of non-ortho nitro benzene ring substituents is 1. The summed E-state index contributed by atoms with van der Waals surface area (Å²) in [6.45, 7) is 2.68. The molecule has 20 heavy (non-hydrogen) atoms. The van der Waals surface area contributed by atoms with Crippen LogP contribution in [0.5, 0.6) is 0 Å². The quantitative estimate of drug-likeness (QED) is 0.678. The van der Waals surface area contributed by atoms with Crippen molar-refractivity contribution in [1.82, 2.24) is 0 Å². The average Bonchev–Trinajstić information content (AvgIpc) is 2.46. The van der Waals surface area contributed by atoms with Crippen LogP contribution in [0, 0.1) is 23.0 Å². The number of rotatable bonds is 4. The van der Waals surface area contributed by atoms with Crippen LogP contribution in [0.3, 0.4) is 0 Å². The van der Waals surface area contributed by atoms with Crippen molar-refractivity contribution in [3.63, 3.8) is 0 Å². The molecule has 2 rings (SSSR count). The lowest BCUT2D eigenvalue weighted by Crippen LogP contribution is -2.43. The van der Waals surface area contributed by atoms with Crippen molar-refractivity contribution >= 4 is 11.4 Å². The predicted octanol–water partition coefficient (Wildman–Crippen LogP) is 2.86. The van der Waals surface area contributed by atoms with E-state index in [-0.39, 0.29) is 10.6 Å². The number of nitrogens with two attached hydrogens (primary N) is 1. The number of nitro benzene ring substituents is 1. The van der Waals surface area contributed by atoms with E-state index in [4.69, 9.17) is 5.73 Å². The van der Waals surface area contributed by atoms with E-state index in [2.05, 4.69) is 4.90 Å². The van der Waals surface area contributed by atoms with Crippen LogP contribution >= 0.6 is 0 Å². The first-order valence-electron chi connectivity index (χ1n) is 7.22. The van der Waals surface area contributed by atoms with Crippen LogP contribution in [0.25, 0.3) is 0 Å². The maximum Gasteiger partial charge on any atom is 0.271 e. The summed E-state index contributed by atoms with van der Waals surface area (Å²) in [4.78, 5) is 12.8. The third kappa shape index (κ3) is 2.93. The Labute approximate surface area is 119 Å².